The zero-order valence-electron chi connectivity index (χ0n) is 20.1. The van der Waals surface area contributed by atoms with Crippen LogP contribution in [0.2, 0.25) is 0 Å². The second kappa shape index (κ2) is 12.7. The van der Waals surface area contributed by atoms with Crippen LogP contribution in [-0.4, -0.2) is 10.9 Å². The summed E-state index contributed by atoms with van der Waals surface area (Å²) in [6.45, 7) is 14.2. The molecule has 0 spiro atoms. The predicted octanol–water partition coefficient (Wildman–Crippen LogP) is 8.07. The minimum atomic E-state index is -0.0364. The second-order valence-corrected chi connectivity index (χ2v) is 9.00. The molecule has 1 atom stereocenters. The van der Waals surface area contributed by atoms with Gasteiger partial charge in [0.1, 0.15) is 0 Å². The van der Waals surface area contributed by atoms with Crippen molar-refractivity contribution in [3.05, 3.63) is 107 Å². The first kappa shape index (κ1) is 26.2. The van der Waals surface area contributed by atoms with Crippen LogP contribution in [-0.2, 0) is 4.79 Å². The van der Waals surface area contributed by atoms with E-state index in [1.807, 2.05) is 37.3 Å². The van der Waals surface area contributed by atoms with E-state index in [0.29, 0.717) is 18.1 Å². The monoisotopic (exact) mass is 418 g/mol. The Hall–Kier alpha value is -2.87. The lowest BCUT2D eigenvalue weighted by Gasteiger charge is -2.35. The Morgan fingerprint density at radius 3 is 1.87 bits per heavy atom. The summed E-state index contributed by atoms with van der Waals surface area (Å²) in [6, 6.07) is 0. The lowest BCUT2D eigenvalue weighted by atomic mass is 9.68. The van der Waals surface area contributed by atoms with Gasteiger partial charge in [-0.25, -0.2) is 0 Å². The Morgan fingerprint density at radius 1 is 0.871 bits per heavy atom. The fourth-order valence-corrected chi connectivity index (χ4v) is 3.50. The molecule has 0 aliphatic heterocycles. The maximum absolute atomic E-state index is 11.8. The van der Waals surface area contributed by atoms with E-state index in [-0.39, 0.29) is 11.2 Å². The Balaban J connectivity index is 2.67. The SMILES string of the molecule is CC1=CC(=O)CC(C)(C)C1/C=C/C(C)=C/C=C/C(C)=C/C=C/C=C(C)/C=C/C=C(\C)O. The molecule has 0 saturated heterocycles. The first-order valence-corrected chi connectivity index (χ1v) is 10.8. The lowest BCUT2D eigenvalue weighted by Crippen LogP contribution is -2.30. The van der Waals surface area contributed by atoms with Gasteiger partial charge in [-0.05, 0) is 52.2 Å². The summed E-state index contributed by atoms with van der Waals surface area (Å²) in [5, 5.41) is 9.12. The highest BCUT2D eigenvalue weighted by atomic mass is 16.3. The van der Waals surface area contributed by atoms with Crippen LogP contribution in [0.1, 0.15) is 54.9 Å². The molecule has 0 aromatic rings. The van der Waals surface area contributed by atoms with Crippen LogP contribution < -0.4 is 0 Å². The molecule has 0 amide bonds. The van der Waals surface area contributed by atoms with Crippen LogP contribution >= 0.6 is 0 Å². The molecule has 0 aromatic carbocycles. The maximum Gasteiger partial charge on any atom is 0.156 e. The third kappa shape index (κ3) is 10.6. The van der Waals surface area contributed by atoms with Crippen molar-refractivity contribution in [2.24, 2.45) is 11.3 Å². The summed E-state index contributed by atoms with van der Waals surface area (Å²) in [7, 11) is 0. The Kier molecular flexibility index (Phi) is 10.8. The van der Waals surface area contributed by atoms with Crippen LogP contribution in [0.5, 0.6) is 0 Å². The van der Waals surface area contributed by atoms with Crippen molar-refractivity contribution in [1.29, 1.82) is 0 Å². The summed E-state index contributed by atoms with van der Waals surface area (Å²) in [5.74, 6) is 0.819. The van der Waals surface area contributed by atoms with Gasteiger partial charge in [-0.2, -0.15) is 0 Å². The number of hydrogen-bond donors (Lipinski definition) is 1. The molecule has 166 valence electrons. The maximum atomic E-state index is 11.8. The van der Waals surface area contributed by atoms with Crippen LogP contribution in [0.15, 0.2) is 107 Å². The zero-order chi connectivity index (χ0) is 23.4. The number of carbonyl (C=O) groups excluding carboxylic acids is 1. The highest BCUT2D eigenvalue weighted by Gasteiger charge is 2.34. The van der Waals surface area contributed by atoms with Gasteiger partial charge in [-0.15, -0.1) is 0 Å². The number of aliphatic hydroxyl groups is 1. The molecular formula is C29H38O2. The van der Waals surface area contributed by atoms with Crippen molar-refractivity contribution in [3.8, 4) is 0 Å². The summed E-state index contributed by atoms with van der Waals surface area (Å²) in [5.41, 5.74) is 4.56. The molecular weight excluding hydrogens is 380 g/mol. The van der Waals surface area contributed by atoms with Gasteiger partial charge in [-0.3, -0.25) is 4.79 Å². The van der Waals surface area contributed by atoms with E-state index in [1.54, 1.807) is 19.1 Å². The largest absolute Gasteiger partial charge is 0.513 e. The number of allylic oxidation sites excluding steroid dienone is 18. The van der Waals surface area contributed by atoms with Gasteiger partial charge in [0, 0.05) is 12.3 Å². The van der Waals surface area contributed by atoms with E-state index in [0.717, 1.165) is 16.7 Å². The summed E-state index contributed by atoms with van der Waals surface area (Å²) in [6.07, 6.45) is 26.6. The molecule has 1 aliphatic rings. The molecule has 31 heavy (non-hydrogen) atoms. The molecule has 0 fully saturated rings. The van der Waals surface area contributed by atoms with Crippen molar-refractivity contribution in [2.45, 2.75) is 54.9 Å². The fraction of sp³-hybridized carbons (Fsp3) is 0.345. The first-order valence-electron chi connectivity index (χ1n) is 10.8. The van der Waals surface area contributed by atoms with Gasteiger partial charge >= 0.3 is 0 Å². The highest BCUT2D eigenvalue weighted by molar-refractivity contribution is 5.92. The smallest absolute Gasteiger partial charge is 0.156 e. The normalized spacial score (nSPS) is 21.8. The molecule has 0 bridgehead atoms. The summed E-state index contributed by atoms with van der Waals surface area (Å²) < 4.78 is 0. The van der Waals surface area contributed by atoms with Crippen LogP contribution in [0.25, 0.3) is 0 Å². The summed E-state index contributed by atoms with van der Waals surface area (Å²) >= 11 is 0. The molecule has 2 heteroatoms. The number of carbonyl (C=O) groups is 1. The number of aliphatic hydroxyl groups excluding tert-OH is 1. The molecule has 0 aromatic heterocycles. The van der Waals surface area contributed by atoms with E-state index < -0.39 is 0 Å². The number of ketones is 1. The minimum absolute atomic E-state index is 0.0364. The van der Waals surface area contributed by atoms with Gasteiger partial charge in [-0.1, -0.05) is 103 Å². The van der Waals surface area contributed by atoms with Gasteiger partial charge in [0.2, 0.25) is 0 Å². The zero-order valence-corrected chi connectivity index (χ0v) is 20.1. The molecule has 1 unspecified atom stereocenters. The minimum Gasteiger partial charge on any atom is -0.513 e. The van der Waals surface area contributed by atoms with Crippen molar-refractivity contribution in [3.63, 3.8) is 0 Å². The molecule has 1 N–H and O–H groups in total. The van der Waals surface area contributed by atoms with E-state index in [1.165, 1.54) is 5.57 Å². The lowest BCUT2D eigenvalue weighted by molar-refractivity contribution is -0.117. The molecule has 1 rings (SSSR count). The van der Waals surface area contributed by atoms with Crippen LogP contribution in [0.4, 0.5) is 0 Å². The predicted molar refractivity (Wildman–Crippen MR) is 135 cm³/mol. The summed E-state index contributed by atoms with van der Waals surface area (Å²) in [4.78, 5) is 11.8. The van der Waals surface area contributed by atoms with E-state index in [9.17, 15) is 4.79 Å². The van der Waals surface area contributed by atoms with Gasteiger partial charge in [0.15, 0.2) is 5.78 Å². The third-order valence-electron chi connectivity index (χ3n) is 5.15. The van der Waals surface area contributed by atoms with E-state index >= 15 is 0 Å². The molecule has 1 aliphatic carbocycles. The quantitative estimate of drug-likeness (QED) is 0.319. The Morgan fingerprint density at radius 2 is 1.35 bits per heavy atom. The average Bonchev–Trinajstić information content (AvgIpc) is 2.63. The molecule has 0 saturated carbocycles. The third-order valence-corrected chi connectivity index (χ3v) is 5.15. The molecule has 0 heterocycles. The fourth-order valence-electron chi connectivity index (χ4n) is 3.50. The van der Waals surface area contributed by atoms with Crippen molar-refractivity contribution >= 4 is 5.78 Å². The average molecular weight is 419 g/mol. The highest BCUT2D eigenvalue weighted by Crippen LogP contribution is 2.40. The van der Waals surface area contributed by atoms with Crippen molar-refractivity contribution in [2.75, 3.05) is 0 Å². The first-order chi connectivity index (χ1) is 14.5. The van der Waals surface area contributed by atoms with Gasteiger partial charge in [0.05, 0.1) is 5.76 Å². The second-order valence-electron chi connectivity index (χ2n) is 9.00. The topological polar surface area (TPSA) is 37.3 Å². The van der Waals surface area contributed by atoms with Crippen LogP contribution in [0.3, 0.4) is 0 Å². The molecule has 2 nitrogen and oxygen atoms in total. The van der Waals surface area contributed by atoms with Gasteiger partial charge < -0.3 is 5.11 Å². The van der Waals surface area contributed by atoms with E-state index in [4.69, 9.17) is 5.11 Å². The van der Waals surface area contributed by atoms with Crippen LogP contribution in [0, 0.1) is 11.3 Å². The van der Waals surface area contributed by atoms with Gasteiger partial charge in [0.25, 0.3) is 0 Å². The Bertz CT molecular complexity index is 902. The number of rotatable bonds is 8. The van der Waals surface area contributed by atoms with Crippen molar-refractivity contribution < 1.29 is 9.90 Å². The van der Waals surface area contributed by atoms with E-state index in [2.05, 4.69) is 71.1 Å². The number of hydrogen-bond acceptors (Lipinski definition) is 2. The standard InChI is InChI=1S/C29H38O2/c1-22(12-8-9-13-23(2)16-11-17-26(5)30)14-10-15-24(3)18-19-28-25(4)20-27(31)21-29(28,6)7/h8-20,28,30H,21H2,1-7H3/b9-8+,14-10+,16-11+,19-18+,22-12+,23-13+,24-15+,26-17+. The Labute approximate surface area is 189 Å². The van der Waals surface area contributed by atoms with Crippen molar-refractivity contribution in [1.82, 2.24) is 0 Å². The molecule has 0 radical (unpaired) electrons.